The molecule has 3 N–H and O–H groups in total. The number of ether oxygens (including phenoxy) is 1. The Kier molecular flexibility index (Phi) is 8.82. The molecule has 0 radical (unpaired) electrons. The number of rotatable bonds is 12. The number of hydrogen-bond donors (Lipinski definition) is 3. The van der Waals surface area contributed by atoms with Crippen molar-refractivity contribution >= 4 is 11.8 Å². The number of benzene rings is 3. The van der Waals surface area contributed by atoms with Crippen molar-refractivity contribution < 1.29 is 14.3 Å². The number of likely N-dealkylation sites (tertiary alicyclic amines) is 1. The second kappa shape index (κ2) is 12.7. The number of amides is 2. The normalized spacial score (nSPS) is 20.6. The summed E-state index contributed by atoms with van der Waals surface area (Å²) in [5.74, 6) is 1.11. The van der Waals surface area contributed by atoms with Gasteiger partial charge in [0.2, 0.25) is 5.91 Å². The molecule has 1 aliphatic heterocycles. The lowest BCUT2D eigenvalue weighted by Crippen LogP contribution is -2.53. The second-order valence-electron chi connectivity index (χ2n) is 11.1. The van der Waals surface area contributed by atoms with Gasteiger partial charge >= 0.3 is 0 Å². The molecule has 1 saturated heterocycles. The van der Waals surface area contributed by atoms with Gasteiger partial charge in [0.1, 0.15) is 11.8 Å². The molecule has 0 bridgehead atoms. The van der Waals surface area contributed by atoms with Crippen molar-refractivity contribution in [2.45, 2.75) is 43.7 Å². The van der Waals surface area contributed by atoms with Gasteiger partial charge in [0.15, 0.2) is 0 Å². The van der Waals surface area contributed by atoms with Crippen LogP contribution in [0.25, 0.3) is 11.1 Å². The van der Waals surface area contributed by atoms with Crippen LogP contribution in [0.5, 0.6) is 5.75 Å². The third kappa shape index (κ3) is 6.72. The van der Waals surface area contributed by atoms with Crippen molar-refractivity contribution in [1.82, 2.24) is 20.9 Å². The van der Waals surface area contributed by atoms with Crippen molar-refractivity contribution in [3.63, 3.8) is 0 Å². The first-order chi connectivity index (χ1) is 19.5. The van der Waals surface area contributed by atoms with E-state index >= 15 is 0 Å². The van der Waals surface area contributed by atoms with Crippen LogP contribution in [0, 0.1) is 0 Å². The summed E-state index contributed by atoms with van der Waals surface area (Å²) in [6, 6.07) is 25.3. The van der Waals surface area contributed by atoms with Gasteiger partial charge in [-0.1, -0.05) is 54.6 Å². The largest absolute Gasteiger partial charge is 0.497 e. The van der Waals surface area contributed by atoms with Crippen LogP contribution < -0.4 is 20.7 Å². The molecule has 0 aromatic heterocycles. The maximum Gasteiger partial charge on any atom is 0.251 e. The van der Waals surface area contributed by atoms with E-state index in [1.165, 1.54) is 5.56 Å². The zero-order valence-corrected chi connectivity index (χ0v) is 23.5. The quantitative estimate of drug-likeness (QED) is 0.300. The Morgan fingerprint density at radius 2 is 1.60 bits per heavy atom. The summed E-state index contributed by atoms with van der Waals surface area (Å²) < 4.78 is 5.27. The lowest BCUT2D eigenvalue weighted by atomic mass is 10.0. The van der Waals surface area contributed by atoms with Crippen molar-refractivity contribution in [3.05, 3.63) is 90.0 Å². The van der Waals surface area contributed by atoms with Crippen molar-refractivity contribution in [1.29, 1.82) is 0 Å². The van der Waals surface area contributed by atoms with Gasteiger partial charge in [0, 0.05) is 49.7 Å². The lowest BCUT2D eigenvalue weighted by Gasteiger charge is -2.25. The minimum Gasteiger partial charge on any atom is -0.497 e. The first kappa shape index (κ1) is 27.9. The van der Waals surface area contributed by atoms with Gasteiger partial charge < -0.3 is 25.6 Å². The third-order valence-corrected chi connectivity index (χ3v) is 8.21. The van der Waals surface area contributed by atoms with E-state index in [4.69, 9.17) is 4.74 Å². The average Bonchev–Trinajstić information content (AvgIpc) is 3.38. The molecule has 3 aromatic rings. The summed E-state index contributed by atoms with van der Waals surface area (Å²) in [5, 5.41) is 10.1. The highest BCUT2D eigenvalue weighted by Crippen LogP contribution is 2.51. The van der Waals surface area contributed by atoms with Gasteiger partial charge in [-0.05, 0) is 67.1 Å². The minimum absolute atomic E-state index is 0.0130. The summed E-state index contributed by atoms with van der Waals surface area (Å²) in [7, 11) is 1.68. The highest BCUT2D eigenvalue weighted by Gasteiger charge is 2.50. The van der Waals surface area contributed by atoms with Crippen LogP contribution in [0.4, 0.5) is 0 Å². The van der Waals surface area contributed by atoms with Crippen molar-refractivity contribution in [2.24, 2.45) is 0 Å². The monoisotopic (exact) mass is 540 g/mol. The highest BCUT2D eigenvalue weighted by atomic mass is 16.5. The van der Waals surface area contributed by atoms with Gasteiger partial charge in [0.25, 0.3) is 5.91 Å². The van der Waals surface area contributed by atoms with Crippen LogP contribution in [-0.4, -0.2) is 68.1 Å². The zero-order valence-electron chi connectivity index (χ0n) is 23.5. The molecule has 40 heavy (non-hydrogen) atoms. The molecular formula is C33H40N4O3. The number of hydrogen-bond acceptors (Lipinski definition) is 5. The molecule has 7 nitrogen and oxygen atoms in total. The number of nitrogens with one attached hydrogen (secondary N) is 3. The number of nitrogens with zero attached hydrogens (tertiary/aromatic N) is 1. The molecule has 3 atom stereocenters. The molecule has 2 aliphatic rings. The molecule has 210 valence electrons. The van der Waals surface area contributed by atoms with Crippen molar-refractivity contribution in [2.75, 3.05) is 39.8 Å². The van der Waals surface area contributed by atoms with E-state index in [9.17, 15) is 9.59 Å². The highest BCUT2D eigenvalue weighted by molar-refractivity contribution is 5.98. The fraction of sp³-hybridized carbons (Fsp3) is 0.394. The summed E-state index contributed by atoms with van der Waals surface area (Å²) in [4.78, 5) is 28.3. The Morgan fingerprint density at radius 1 is 0.925 bits per heavy atom. The van der Waals surface area contributed by atoms with E-state index in [-0.39, 0.29) is 17.4 Å². The minimum atomic E-state index is -0.608. The van der Waals surface area contributed by atoms with Crippen LogP contribution >= 0.6 is 0 Å². The number of carbonyl (C=O) groups is 2. The predicted molar refractivity (Wildman–Crippen MR) is 159 cm³/mol. The van der Waals surface area contributed by atoms with Crippen LogP contribution in [0.15, 0.2) is 78.9 Å². The maximum absolute atomic E-state index is 13.3. The maximum atomic E-state index is 13.3. The van der Waals surface area contributed by atoms with Gasteiger partial charge in [0.05, 0.1) is 7.11 Å². The SMILES string of the molecule is COc1ccc([C@@H]2CC2(C)NCCNC[C@H](NC(=O)c2ccc(-c3ccccc3)cc2)C(=O)N2CCCC2)cc1. The van der Waals surface area contributed by atoms with Crippen LogP contribution in [0.3, 0.4) is 0 Å². The number of carbonyl (C=O) groups excluding carboxylic acids is 2. The smallest absolute Gasteiger partial charge is 0.251 e. The molecule has 1 heterocycles. The van der Waals surface area contributed by atoms with E-state index in [0.717, 1.165) is 55.8 Å². The third-order valence-electron chi connectivity index (χ3n) is 8.21. The summed E-state index contributed by atoms with van der Waals surface area (Å²) in [5.41, 5.74) is 4.09. The Morgan fingerprint density at radius 3 is 2.27 bits per heavy atom. The second-order valence-corrected chi connectivity index (χ2v) is 11.1. The Bertz CT molecular complexity index is 1270. The summed E-state index contributed by atoms with van der Waals surface area (Å²) in [6.45, 7) is 5.64. The number of methoxy groups -OCH3 is 1. The van der Waals surface area contributed by atoms with E-state index in [1.54, 1.807) is 7.11 Å². The molecule has 1 unspecified atom stereocenters. The van der Waals surface area contributed by atoms with Gasteiger partial charge in [-0.2, -0.15) is 0 Å². The molecular weight excluding hydrogens is 500 g/mol. The topological polar surface area (TPSA) is 82.7 Å². The molecule has 2 fully saturated rings. The molecule has 3 aromatic carbocycles. The first-order valence-electron chi connectivity index (χ1n) is 14.3. The fourth-order valence-corrected chi connectivity index (χ4v) is 5.61. The predicted octanol–water partition coefficient (Wildman–Crippen LogP) is 4.21. The van der Waals surface area contributed by atoms with Gasteiger partial charge in [-0.25, -0.2) is 0 Å². The molecule has 2 amide bonds. The lowest BCUT2D eigenvalue weighted by molar-refractivity contribution is -0.132. The average molecular weight is 541 g/mol. The van der Waals surface area contributed by atoms with Crippen molar-refractivity contribution in [3.8, 4) is 16.9 Å². The Hall–Kier alpha value is -3.68. The Labute approximate surface area is 237 Å². The van der Waals surface area contributed by atoms with E-state index in [1.807, 2.05) is 71.6 Å². The molecule has 0 spiro atoms. The molecule has 7 heteroatoms. The van der Waals surface area contributed by atoms with E-state index < -0.39 is 6.04 Å². The zero-order chi connectivity index (χ0) is 28.0. The first-order valence-corrected chi connectivity index (χ1v) is 14.3. The Balaban J connectivity index is 1.13. The fourth-order valence-electron chi connectivity index (χ4n) is 5.61. The summed E-state index contributed by atoms with van der Waals surface area (Å²) in [6.07, 6.45) is 3.12. The summed E-state index contributed by atoms with van der Waals surface area (Å²) >= 11 is 0. The molecule has 5 rings (SSSR count). The van der Waals surface area contributed by atoms with Crippen LogP contribution in [0.2, 0.25) is 0 Å². The standard InChI is InChI=1S/C33H40N4O3/c1-33(22-29(33)26-14-16-28(40-2)17-15-26)35-19-18-34-23-30(32(39)37-20-6-7-21-37)36-31(38)27-12-10-25(11-13-27)24-8-4-3-5-9-24/h3-5,8-17,29-30,34-35H,6-7,18-23H2,1-2H3,(H,36,38)/t29-,30-,33?/m0/s1. The van der Waals surface area contributed by atoms with Crippen LogP contribution in [-0.2, 0) is 4.79 Å². The molecule has 1 aliphatic carbocycles. The van der Waals surface area contributed by atoms with E-state index in [2.05, 4.69) is 35.0 Å². The molecule has 1 saturated carbocycles. The van der Waals surface area contributed by atoms with E-state index in [0.29, 0.717) is 24.6 Å². The van der Waals surface area contributed by atoms with Gasteiger partial charge in [-0.3, -0.25) is 9.59 Å². The van der Waals surface area contributed by atoms with Gasteiger partial charge in [-0.15, -0.1) is 0 Å². The van der Waals surface area contributed by atoms with Crippen LogP contribution in [0.1, 0.15) is 48.0 Å².